The van der Waals surface area contributed by atoms with Gasteiger partial charge < -0.3 is 23.5 Å². The number of aromatic nitrogens is 4. The molecule has 7 rings (SSSR count). The molecule has 0 radical (unpaired) electrons. The first-order valence-corrected chi connectivity index (χ1v) is 15.7. The Morgan fingerprint density at radius 2 is 1.83 bits per heavy atom. The number of nitrogens with zero attached hydrogens (tertiary/aromatic N) is 4. The van der Waals surface area contributed by atoms with Gasteiger partial charge in [0.05, 0.1) is 37.6 Å². The predicted octanol–water partition coefficient (Wildman–Crippen LogP) is 7.42. The van der Waals surface area contributed by atoms with Crippen molar-refractivity contribution < 1.29 is 32.1 Å². The van der Waals surface area contributed by atoms with Gasteiger partial charge in [0.25, 0.3) is 0 Å². The van der Waals surface area contributed by atoms with Gasteiger partial charge in [-0.1, -0.05) is 18.2 Å². The lowest BCUT2D eigenvalue weighted by molar-refractivity contribution is -0.141. The maximum atomic E-state index is 13.5. The van der Waals surface area contributed by atoms with E-state index in [1.165, 1.54) is 6.07 Å². The quantitative estimate of drug-likeness (QED) is 0.197. The molecule has 8 nitrogen and oxygen atoms in total. The van der Waals surface area contributed by atoms with Crippen molar-refractivity contribution in [3.05, 3.63) is 94.1 Å². The summed E-state index contributed by atoms with van der Waals surface area (Å²) in [5.41, 5.74) is 6.39. The van der Waals surface area contributed by atoms with Gasteiger partial charge in [-0.2, -0.15) is 13.2 Å². The molecular formula is C36H35F3N4O4. The summed E-state index contributed by atoms with van der Waals surface area (Å²) in [7, 11) is 1.65. The molecule has 1 fully saturated rings. The monoisotopic (exact) mass is 644 g/mol. The Balaban J connectivity index is 1.28. The molecule has 0 spiro atoms. The maximum Gasteiger partial charge on any atom is 0.433 e. The Kier molecular flexibility index (Phi) is 8.25. The zero-order chi connectivity index (χ0) is 32.7. The van der Waals surface area contributed by atoms with Gasteiger partial charge in [-0.3, -0.25) is 0 Å². The van der Waals surface area contributed by atoms with Gasteiger partial charge in [0.2, 0.25) is 5.88 Å². The summed E-state index contributed by atoms with van der Waals surface area (Å²) < 4.78 is 66.7. The van der Waals surface area contributed by atoms with Gasteiger partial charge in [-0.05, 0) is 74.6 Å². The number of pyridine rings is 2. The molecule has 1 atom stereocenters. The number of methoxy groups -OCH3 is 1. The standard InChI is InChI=1S/C36H35F3N4O4/c1-21-14-29-35(31(15-21)44-3)42-33(43(29)19-25-11-13-45-25)17-24-16-22(2)26-18-30(24)46-12-5-7-27-23(9-10-32(40-27)36(37,38)39)20-47-34-8-4-6-28(26)41-34/h4,6,8-10,14-16,18,25H,5,7,11-13,17,19-20H2,1-3H3. The maximum absolute atomic E-state index is 13.5. The predicted molar refractivity (Wildman–Crippen MR) is 170 cm³/mol. The van der Waals surface area contributed by atoms with Crippen LogP contribution < -0.4 is 14.2 Å². The van der Waals surface area contributed by atoms with Gasteiger partial charge in [0.1, 0.15) is 35.1 Å². The summed E-state index contributed by atoms with van der Waals surface area (Å²) in [4.78, 5) is 13.8. The number of aryl methyl sites for hydroxylation is 3. The molecule has 2 aliphatic rings. The van der Waals surface area contributed by atoms with Crippen LogP contribution in [0.15, 0.2) is 54.6 Å². The number of benzene rings is 2. The van der Waals surface area contributed by atoms with E-state index in [-0.39, 0.29) is 19.3 Å². The fraction of sp³-hybridized carbons (Fsp3) is 0.361. The van der Waals surface area contributed by atoms with Crippen LogP contribution in [0.1, 0.15) is 52.3 Å². The number of halogens is 3. The number of rotatable bonds is 5. The summed E-state index contributed by atoms with van der Waals surface area (Å²) >= 11 is 0. The first-order chi connectivity index (χ1) is 22.7. The van der Waals surface area contributed by atoms with Crippen LogP contribution in [-0.4, -0.2) is 45.9 Å². The minimum atomic E-state index is -4.54. The molecule has 0 amide bonds. The molecule has 1 saturated heterocycles. The second-order valence-corrected chi connectivity index (χ2v) is 12.1. The van der Waals surface area contributed by atoms with E-state index in [2.05, 4.69) is 21.7 Å². The molecule has 3 aromatic heterocycles. The lowest BCUT2D eigenvalue weighted by atomic mass is 9.99. The molecule has 5 aromatic rings. The lowest BCUT2D eigenvalue weighted by Gasteiger charge is -2.27. The number of imidazole rings is 1. The summed E-state index contributed by atoms with van der Waals surface area (Å²) in [6.07, 6.45) is -2.20. The third kappa shape index (κ3) is 6.36. The van der Waals surface area contributed by atoms with Crippen molar-refractivity contribution in [2.75, 3.05) is 20.3 Å². The average Bonchev–Trinajstić information content (AvgIpc) is 3.36. The van der Waals surface area contributed by atoms with Crippen LogP contribution in [0.3, 0.4) is 0 Å². The van der Waals surface area contributed by atoms with Gasteiger partial charge in [-0.15, -0.1) is 0 Å². The third-order valence-electron chi connectivity index (χ3n) is 8.75. The van der Waals surface area contributed by atoms with Gasteiger partial charge in [0.15, 0.2) is 0 Å². The number of hydrogen-bond acceptors (Lipinski definition) is 7. The Morgan fingerprint density at radius 3 is 2.60 bits per heavy atom. The second-order valence-electron chi connectivity index (χ2n) is 12.1. The van der Waals surface area contributed by atoms with Crippen molar-refractivity contribution in [3.63, 3.8) is 0 Å². The molecule has 244 valence electrons. The number of fused-ring (bicyclic) bond motifs is 7. The highest BCUT2D eigenvalue weighted by Gasteiger charge is 2.33. The van der Waals surface area contributed by atoms with Crippen molar-refractivity contribution in [2.24, 2.45) is 0 Å². The molecule has 2 aromatic carbocycles. The van der Waals surface area contributed by atoms with E-state index < -0.39 is 11.9 Å². The molecule has 1 unspecified atom stereocenters. The van der Waals surface area contributed by atoms with Crippen LogP contribution in [-0.2, 0) is 36.9 Å². The van der Waals surface area contributed by atoms with Crippen LogP contribution in [0.5, 0.6) is 17.4 Å². The smallest absolute Gasteiger partial charge is 0.433 e. The van der Waals surface area contributed by atoms with Crippen LogP contribution in [0, 0.1) is 13.8 Å². The van der Waals surface area contributed by atoms with Crippen molar-refractivity contribution >= 4 is 11.0 Å². The van der Waals surface area contributed by atoms with E-state index in [0.717, 1.165) is 64.0 Å². The fourth-order valence-corrected chi connectivity index (χ4v) is 6.22. The lowest BCUT2D eigenvalue weighted by Crippen LogP contribution is -2.31. The summed E-state index contributed by atoms with van der Waals surface area (Å²) in [6.45, 7) is 5.84. The Labute approximate surface area is 270 Å². The zero-order valence-electron chi connectivity index (χ0n) is 26.5. The topological polar surface area (TPSA) is 80.5 Å². The van der Waals surface area contributed by atoms with Gasteiger partial charge >= 0.3 is 6.18 Å². The first-order valence-electron chi connectivity index (χ1n) is 15.7. The summed E-state index contributed by atoms with van der Waals surface area (Å²) in [5.74, 6) is 2.61. The van der Waals surface area contributed by atoms with Crippen molar-refractivity contribution in [1.29, 1.82) is 0 Å². The SMILES string of the molecule is COc1cc(C)cc2c1nc(Cc1cc(C)c3cc1OCCCc1nc(C(F)(F)F)ccc1COc1cccc-3n1)n2CC1CCO1. The van der Waals surface area contributed by atoms with E-state index in [4.69, 9.17) is 28.9 Å². The van der Waals surface area contributed by atoms with Crippen molar-refractivity contribution in [2.45, 2.75) is 65.0 Å². The summed E-state index contributed by atoms with van der Waals surface area (Å²) in [5, 5.41) is 0. The summed E-state index contributed by atoms with van der Waals surface area (Å²) in [6, 6.07) is 16.1. The molecule has 0 saturated carbocycles. The molecule has 5 heterocycles. The molecular weight excluding hydrogens is 609 g/mol. The van der Waals surface area contributed by atoms with Crippen LogP contribution in [0.4, 0.5) is 13.2 Å². The van der Waals surface area contributed by atoms with E-state index >= 15 is 0 Å². The van der Waals surface area contributed by atoms with E-state index in [1.807, 2.05) is 38.1 Å². The van der Waals surface area contributed by atoms with E-state index in [0.29, 0.717) is 54.4 Å². The Hall–Kier alpha value is -4.64. The highest BCUT2D eigenvalue weighted by atomic mass is 19.4. The molecule has 11 heteroatoms. The first kappa shape index (κ1) is 31.0. The fourth-order valence-electron chi connectivity index (χ4n) is 6.22. The van der Waals surface area contributed by atoms with Gasteiger partial charge in [0, 0.05) is 41.5 Å². The van der Waals surface area contributed by atoms with Crippen molar-refractivity contribution in [1.82, 2.24) is 19.5 Å². The van der Waals surface area contributed by atoms with Crippen LogP contribution in [0.2, 0.25) is 0 Å². The zero-order valence-corrected chi connectivity index (χ0v) is 26.5. The van der Waals surface area contributed by atoms with E-state index in [9.17, 15) is 13.2 Å². The number of hydrogen-bond donors (Lipinski definition) is 0. The molecule has 2 aliphatic heterocycles. The highest BCUT2D eigenvalue weighted by Crippen LogP contribution is 2.36. The highest BCUT2D eigenvalue weighted by molar-refractivity contribution is 5.83. The normalized spacial score (nSPS) is 16.4. The van der Waals surface area contributed by atoms with Gasteiger partial charge in [-0.25, -0.2) is 15.0 Å². The molecule has 4 bridgehead atoms. The Bertz CT molecular complexity index is 1950. The van der Waals surface area contributed by atoms with Crippen molar-refractivity contribution in [3.8, 4) is 28.6 Å². The van der Waals surface area contributed by atoms with E-state index in [1.54, 1.807) is 13.2 Å². The second kappa shape index (κ2) is 12.5. The van der Waals surface area contributed by atoms with Crippen LogP contribution in [0.25, 0.3) is 22.3 Å². The third-order valence-corrected chi connectivity index (χ3v) is 8.75. The minimum absolute atomic E-state index is 0.0537. The molecule has 47 heavy (non-hydrogen) atoms. The van der Waals surface area contributed by atoms with Crippen LogP contribution >= 0.6 is 0 Å². The molecule has 0 aliphatic carbocycles. The largest absolute Gasteiger partial charge is 0.494 e. The number of alkyl halides is 3. The number of ether oxygens (including phenoxy) is 4. The molecule has 0 N–H and O–H groups in total. The Morgan fingerprint density at radius 1 is 0.979 bits per heavy atom. The average molecular weight is 645 g/mol. The minimum Gasteiger partial charge on any atom is -0.494 e.